The van der Waals surface area contributed by atoms with Crippen LogP contribution in [0.4, 0.5) is 5.13 Å². The van der Waals surface area contributed by atoms with Crippen molar-refractivity contribution in [2.75, 3.05) is 38.9 Å². The number of amides is 1. The van der Waals surface area contributed by atoms with E-state index in [1.165, 1.54) is 11.3 Å². The molecule has 8 heteroatoms. The molecule has 0 N–H and O–H groups in total. The summed E-state index contributed by atoms with van der Waals surface area (Å²) in [7, 11) is 3.92. The van der Waals surface area contributed by atoms with Crippen LogP contribution in [-0.2, 0) is 0 Å². The predicted octanol–water partition coefficient (Wildman–Crippen LogP) is 3.11. The van der Waals surface area contributed by atoms with Crippen LogP contribution in [0.5, 0.6) is 11.5 Å². The minimum Gasteiger partial charge on any atom is -0.454 e. The summed E-state index contributed by atoms with van der Waals surface area (Å²) in [6, 6.07) is 12.5. The van der Waals surface area contributed by atoms with Crippen LogP contribution in [-0.4, -0.2) is 49.8 Å². The summed E-state index contributed by atoms with van der Waals surface area (Å²) < 4.78 is 11.8. The number of nitriles is 1. The lowest BCUT2D eigenvalue weighted by molar-refractivity contribution is 0.0985. The first-order valence-corrected chi connectivity index (χ1v) is 9.54. The normalized spacial score (nSPS) is 12.4. The van der Waals surface area contributed by atoms with E-state index in [1.54, 1.807) is 29.2 Å². The second kappa shape index (κ2) is 7.46. The first kappa shape index (κ1) is 18.2. The van der Waals surface area contributed by atoms with E-state index in [4.69, 9.17) is 14.7 Å². The molecule has 0 saturated heterocycles. The highest BCUT2D eigenvalue weighted by Crippen LogP contribution is 2.40. The Morgan fingerprint density at radius 3 is 2.57 bits per heavy atom. The van der Waals surface area contributed by atoms with Crippen molar-refractivity contribution in [2.24, 2.45) is 0 Å². The van der Waals surface area contributed by atoms with E-state index in [1.807, 2.05) is 31.1 Å². The maximum absolute atomic E-state index is 13.2. The van der Waals surface area contributed by atoms with E-state index in [0.29, 0.717) is 40.8 Å². The van der Waals surface area contributed by atoms with Crippen LogP contribution < -0.4 is 14.4 Å². The van der Waals surface area contributed by atoms with Gasteiger partial charge in [-0.05, 0) is 38.4 Å². The van der Waals surface area contributed by atoms with Crippen LogP contribution in [0.2, 0.25) is 0 Å². The quantitative estimate of drug-likeness (QED) is 0.662. The number of ether oxygens (including phenoxy) is 2. The number of likely N-dealkylation sites (N-methyl/N-ethyl adjacent to an activating group) is 1. The topological polar surface area (TPSA) is 78.7 Å². The first-order valence-electron chi connectivity index (χ1n) is 8.72. The fraction of sp³-hybridized carbons (Fsp3) is 0.250. The number of hydrogen-bond donors (Lipinski definition) is 0. The largest absolute Gasteiger partial charge is 0.454 e. The van der Waals surface area contributed by atoms with Crippen molar-refractivity contribution in [3.8, 4) is 17.6 Å². The maximum Gasteiger partial charge on any atom is 0.260 e. The minimum atomic E-state index is -0.148. The fourth-order valence-corrected chi connectivity index (χ4v) is 3.85. The molecule has 1 aliphatic rings. The second-order valence-corrected chi connectivity index (χ2v) is 7.63. The molecule has 3 aromatic rings. The van der Waals surface area contributed by atoms with Gasteiger partial charge in [0.15, 0.2) is 16.6 Å². The molecule has 0 saturated carbocycles. The molecule has 0 unspecified atom stereocenters. The summed E-state index contributed by atoms with van der Waals surface area (Å²) in [6.45, 7) is 1.41. The smallest absolute Gasteiger partial charge is 0.260 e. The highest BCUT2D eigenvalue weighted by atomic mass is 32.1. The van der Waals surface area contributed by atoms with Gasteiger partial charge in [0.05, 0.1) is 21.8 Å². The van der Waals surface area contributed by atoms with Crippen molar-refractivity contribution in [1.29, 1.82) is 5.26 Å². The molecule has 0 spiro atoms. The molecule has 1 aromatic heterocycles. The molecular formula is C20H18N4O3S. The number of aromatic nitrogens is 1. The molecule has 2 aromatic carbocycles. The maximum atomic E-state index is 13.2. The van der Waals surface area contributed by atoms with E-state index >= 15 is 0 Å². The third-order valence-corrected chi connectivity index (χ3v) is 5.42. The number of rotatable bonds is 5. The molecule has 7 nitrogen and oxygen atoms in total. The van der Waals surface area contributed by atoms with Gasteiger partial charge in [-0.3, -0.25) is 9.69 Å². The summed E-state index contributed by atoms with van der Waals surface area (Å²) in [6.07, 6.45) is 0. The van der Waals surface area contributed by atoms with Crippen LogP contribution in [0.3, 0.4) is 0 Å². The minimum absolute atomic E-state index is 0.148. The van der Waals surface area contributed by atoms with Gasteiger partial charge in [0.25, 0.3) is 5.91 Å². The number of thiazole rings is 1. The number of nitrogens with zero attached hydrogens (tertiary/aromatic N) is 4. The molecule has 1 amide bonds. The fourth-order valence-electron chi connectivity index (χ4n) is 2.85. The van der Waals surface area contributed by atoms with Crippen LogP contribution in [0, 0.1) is 11.3 Å². The number of carbonyl (C=O) groups is 1. The Kier molecular flexibility index (Phi) is 4.86. The number of hydrogen-bond acceptors (Lipinski definition) is 7. The van der Waals surface area contributed by atoms with Gasteiger partial charge in [0, 0.05) is 30.8 Å². The van der Waals surface area contributed by atoms with E-state index in [-0.39, 0.29) is 12.7 Å². The number of fused-ring (bicyclic) bond motifs is 2. The van der Waals surface area contributed by atoms with E-state index in [2.05, 4.69) is 11.1 Å². The molecule has 28 heavy (non-hydrogen) atoms. The van der Waals surface area contributed by atoms with Gasteiger partial charge in [-0.25, -0.2) is 4.98 Å². The van der Waals surface area contributed by atoms with Crippen LogP contribution in [0.1, 0.15) is 15.9 Å². The summed E-state index contributed by atoms with van der Waals surface area (Å²) in [5.74, 6) is 1.22. The zero-order chi connectivity index (χ0) is 19.7. The Morgan fingerprint density at radius 1 is 1.18 bits per heavy atom. The van der Waals surface area contributed by atoms with Gasteiger partial charge in [-0.2, -0.15) is 5.26 Å². The Hall–Kier alpha value is -3.15. The van der Waals surface area contributed by atoms with Gasteiger partial charge in [0.2, 0.25) is 6.79 Å². The number of anilines is 1. The third-order valence-electron chi connectivity index (χ3n) is 4.38. The SMILES string of the molecule is CN(C)CCN(C(=O)c1ccc(C#N)cc1)c1nc2cc3c(cc2s1)OCO3. The lowest BCUT2D eigenvalue weighted by Crippen LogP contribution is -2.36. The van der Waals surface area contributed by atoms with Gasteiger partial charge in [-0.15, -0.1) is 0 Å². The van der Waals surface area contributed by atoms with Crippen molar-refractivity contribution in [2.45, 2.75) is 0 Å². The Balaban J connectivity index is 1.69. The first-order chi connectivity index (χ1) is 13.5. The van der Waals surface area contributed by atoms with Crippen molar-refractivity contribution in [3.63, 3.8) is 0 Å². The summed E-state index contributed by atoms with van der Waals surface area (Å²) >= 11 is 1.44. The highest BCUT2D eigenvalue weighted by molar-refractivity contribution is 7.22. The summed E-state index contributed by atoms with van der Waals surface area (Å²) in [5.41, 5.74) is 1.81. The van der Waals surface area contributed by atoms with E-state index in [0.717, 1.165) is 10.2 Å². The lowest BCUT2D eigenvalue weighted by atomic mass is 10.1. The summed E-state index contributed by atoms with van der Waals surface area (Å²) in [5, 5.41) is 9.59. The average molecular weight is 394 g/mol. The zero-order valence-corrected chi connectivity index (χ0v) is 16.3. The van der Waals surface area contributed by atoms with Gasteiger partial charge in [0.1, 0.15) is 0 Å². The molecule has 0 bridgehead atoms. The van der Waals surface area contributed by atoms with Gasteiger partial charge < -0.3 is 14.4 Å². The van der Waals surface area contributed by atoms with Crippen LogP contribution in [0.15, 0.2) is 36.4 Å². The molecule has 0 aliphatic carbocycles. The summed E-state index contributed by atoms with van der Waals surface area (Å²) in [4.78, 5) is 21.5. The van der Waals surface area contributed by atoms with E-state index in [9.17, 15) is 4.79 Å². The molecule has 4 rings (SSSR count). The van der Waals surface area contributed by atoms with Crippen molar-refractivity contribution >= 4 is 32.6 Å². The highest BCUT2D eigenvalue weighted by Gasteiger charge is 2.23. The molecule has 0 atom stereocenters. The van der Waals surface area contributed by atoms with Gasteiger partial charge >= 0.3 is 0 Å². The van der Waals surface area contributed by atoms with Crippen molar-refractivity contribution in [3.05, 3.63) is 47.5 Å². The molecule has 1 aliphatic heterocycles. The lowest BCUT2D eigenvalue weighted by Gasteiger charge is -2.22. The standard InChI is InChI=1S/C20H18N4O3S/c1-23(2)7-8-24(19(25)14-5-3-13(11-21)4-6-14)20-22-15-9-16-17(27-12-26-16)10-18(15)28-20/h3-6,9-10H,7-8,12H2,1-2H3. The van der Waals surface area contributed by atoms with Gasteiger partial charge in [-0.1, -0.05) is 11.3 Å². The van der Waals surface area contributed by atoms with E-state index < -0.39 is 0 Å². The number of carbonyl (C=O) groups excluding carboxylic acids is 1. The predicted molar refractivity (Wildman–Crippen MR) is 107 cm³/mol. The molecule has 142 valence electrons. The van der Waals surface area contributed by atoms with Crippen LogP contribution >= 0.6 is 11.3 Å². The monoisotopic (exact) mass is 394 g/mol. The van der Waals surface area contributed by atoms with Crippen molar-refractivity contribution in [1.82, 2.24) is 9.88 Å². The molecule has 0 radical (unpaired) electrons. The molecule has 0 fully saturated rings. The average Bonchev–Trinajstić information content (AvgIpc) is 3.31. The Morgan fingerprint density at radius 2 is 1.89 bits per heavy atom. The number of benzene rings is 2. The van der Waals surface area contributed by atoms with Crippen LogP contribution in [0.25, 0.3) is 10.2 Å². The zero-order valence-electron chi connectivity index (χ0n) is 15.5. The third kappa shape index (κ3) is 3.50. The molecule has 2 heterocycles. The molecular weight excluding hydrogens is 376 g/mol. The Labute approximate surface area is 166 Å². The Bertz CT molecular complexity index is 1030. The van der Waals surface area contributed by atoms with Crippen molar-refractivity contribution < 1.29 is 14.3 Å². The second-order valence-electron chi connectivity index (χ2n) is 6.62.